The summed E-state index contributed by atoms with van der Waals surface area (Å²) in [7, 11) is -3.94. The molecule has 0 bridgehead atoms. The van der Waals surface area contributed by atoms with Gasteiger partial charge in [0.1, 0.15) is 34.6 Å². The third-order valence-corrected chi connectivity index (χ3v) is 11.5. The van der Waals surface area contributed by atoms with Crippen LogP contribution in [0.25, 0.3) is 0 Å². The minimum absolute atomic E-state index is 0.0281. The van der Waals surface area contributed by atoms with Crippen molar-refractivity contribution in [3.63, 3.8) is 0 Å². The Labute approximate surface area is 297 Å². The van der Waals surface area contributed by atoms with E-state index in [2.05, 4.69) is 21.9 Å². The van der Waals surface area contributed by atoms with Gasteiger partial charge in [-0.2, -0.15) is 0 Å². The Morgan fingerprint density at radius 3 is 2.27 bits per heavy atom. The highest BCUT2D eigenvalue weighted by molar-refractivity contribution is 7.91. The van der Waals surface area contributed by atoms with Crippen LogP contribution in [0.5, 0.6) is 0 Å². The van der Waals surface area contributed by atoms with E-state index in [1.807, 2.05) is 0 Å². The number of sulfonamides is 1. The second-order valence-electron chi connectivity index (χ2n) is 16.4. The number of hydrogen-bond acceptors (Lipinski definition) is 9. The van der Waals surface area contributed by atoms with Crippen LogP contribution in [0.15, 0.2) is 30.9 Å². The average Bonchev–Trinajstić information content (AvgIpc) is 3.90. The maximum Gasteiger partial charge on any atom is 0.410 e. The SMILES string of the molecule is C=CC1CC1(NC(=O)C1CC(C)(OC(=O)N2Cc3cccc(F)c3C2)CN1C(=O)C(NC(=O)OC(C)(C)C)C(C)(C)C)C(=O)NS(=O)(=O)C1CC1. The lowest BCUT2D eigenvalue weighted by Gasteiger charge is -2.36. The monoisotopic (exact) mass is 733 g/mol. The highest BCUT2D eigenvalue weighted by Gasteiger charge is 2.62. The summed E-state index contributed by atoms with van der Waals surface area (Å²) in [5.74, 6) is -3.39. The summed E-state index contributed by atoms with van der Waals surface area (Å²) in [6.45, 7) is 15.3. The Kier molecular flexibility index (Phi) is 9.76. The molecule has 3 fully saturated rings. The molecule has 1 saturated heterocycles. The summed E-state index contributed by atoms with van der Waals surface area (Å²) < 4.78 is 53.2. The van der Waals surface area contributed by atoms with E-state index in [1.165, 1.54) is 21.9 Å². The van der Waals surface area contributed by atoms with Crippen LogP contribution in [0.4, 0.5) is 14.0 Å². The Hall–Kier alpha value is -4.21. The topological polar surface area (TPSA) is 181 Å². The predicted octanol–water partition coefficient (Wildman–Crippen LogP) is 3.25. The van der Waals surface area contributed by atoms with E-state index in [1.54, 1.807) is 60.6 Å². The number of amides is 5. The number of rotatable bonds is 9. The van der Waals surface area contributed by atoms with Gasteiger partial charge in [0.05, 0.1) is 18.3 Å². The van der Waals surface area contributed by atoms with Crippen molar-refractivity contribution in [2.45, 2.75) is 121 Å². The van der Waals surface area contributed by atoms with Crippen LogP contribution in [0.1, 0.15) is 85.3 Å². The second-order valence-corrected chi connectivity index (χ2v) is 18.3. The molecule has 3 N–H and O–H groups in total. The van der Waals surface area contributed by atoms with Crippen molar-refractivity contribution in [1.82, 2.24) is 25.2 Å². The molecule has 16 heteroatoms. The van der Waals surface area contributed by atoms with E-state index in [-0.39, 0.29) is 32.5 Å². The van der Waals surface area contributed by atoms with Crippen LogP contribution in [-0.2, 0) is 47.0 Å². The molecule has 2 aliphatic carbocycles. The maximum atomic E-state index is 14.5. The lowest BCUT2D eigenvalue weighted by molar-refractivity contribution is -0.143. The number of likely N-dealkylation sites (tertiary alicyclic amines) is 1. The van der Waals surface area contributed by atoms with Gasteiger partial charge in [0.15, 0.2) is 0 Å². The molecular weight excluding hydrogens is 685 g/mol. The molecule has 1 aromatic carbocycles. The molecule has 4 aliphatic rings. The number of nitrogens with zero attached hydrogens (tertiary/aromatic N) is 2. The molecule has 0 aromatic heterocycles. The minimum atomic E-state index is -3.94. The summed E-state index contributed by atoms with van der Waals surface area (Å²) in [6.07, 6.45) is 0.539. The van der Waals surface area contributed by atoms with Gasteiger partial charge in [-0.1, -0.05) is 39.0 Å². The quantitative estimate of drug-likeness (QED) is 0.321. The van der Waals surface area contributed by atoms with E-state index >= 15 is 0 Å². The van der Waals surface area contributed by atoms with E-state index in [4.69, 9.17) is 9.47 Å². The number of hydrogen-bond donors (Lipinski definition) is 3. The van der Waals surface area contributed by atoms with Crippen LogP contribution in [0.3, 0.4) is 0 Å². The molecule has 280 valence electrons. The first-order chi connectivity index (χ1) is 23.5. The van der Waals surface area contributed by atoms with Gasteiger partial charge in [0.2, 0.25) is 21.8 Å². The van der Waals surface area contributed by atoms with Gasteiger partial charge >= 0.3 is 12.2 Å². The van der Waals surface area contributed by atoms with Gasteiger partial charge in [-0.3, -0.25) is 24.0 Å². The number of nitrogens with one attached hydrogen (secondary N) is 3. The van der Waals surface area contributed by atoms with Gasteiger partial charge in [-0.05, 0) is 64.0 Å². The average molecular weight is 734 g/mol. The number of halogens is 1. The molecule has 5 amide bonds. The lowest BCUT2D eigenvalue weighted by Crippen LogP contribution is -2.60. The third-order valence-electron chi connectivity index (χ3n) is 9.63. The molecule has 2 aliphatic heterocycles. The first-order valence-electron chi connectivity index (χ1n) is 17.0. The summed E-state index contributed by atoms with van der Waals surface area (Å²) in [5.41, 5.74) is -3.83. The molecular formula is C35H48FN5O9S. The van der Waals surface area contributed by atoms with Gasteiger partial charge in [-0.25, -0.2) is 22.4 Å². The molecule has 5 atom stereocenters. The van der Waals surface area contributed by atoms with Crippen LogP contribution < -0.4 is 15.4 Å². The fourth-order valence-corrected chi connectivity index (χ4v) is 8.00. The van der Waals surface area contributed by atoms with Crippen molar-refractivity contribution in [1.29, 1.82) is 0 Å². The number of ether oxygens (including phenoxy) is 2. The Morgan fingerprint density at radius 2 is 1.73 bits per heavy atom. The Bertz CT molecular complexity index is 1750. The second kappa shape index (κ2) is 13.1. The molecule has 14 nitrogen and oxygen atoms in total. The summed E-state index contributed by atoms with van der Waals surface area (Å²) in [4.78, 5) is 71.0. The summed E-state index contributed by atoms with van der Waals surface area (Å²) in [6, 6.07) is 2.05. The number of carbonyl (C=O) groups excluding carboxylic acids is 5. The Morgan fingerprint density at radius 1 is 1.06 bits per heavy atom. The van der Waals surface area contributed by atoms with Crippen molar-refractivity contribution in [3.05, 3.63) is 47.8 Å². The molecule has 0 radical (unpaired) electrons. The van der Waals surface area contributed by atoms with Crippen molar-refractivity contribution in [3.8, 4) is 0 Å². The smallest absolute Gasteiger partial charge is 0.410 e. The van der Waals surface area contributed by atoms with Crippen molar-refractivity contribution in [2.75, 3.05) is 6.54 Å². The van der Waals surface area contributed by atoms with Crippen LogP contribution in [0, 0.1) is 17.2 Å². The highest BCUT2D eigenvalue weighted by atomic mass is 32.2. The summed E-state index contributed by atoms with van der Waals surface area (Å²) in [5, 5.41) is 4.66. The van der Waals surface area contributed by atoms with E-state index in [0.29, 0.717) is 24.0 Å². The zero-order chi connectivity index (χ0) is 37.9. The summed E-state index contributed by atoms with van der Waals surface area (Å²) >= 11 is 0. The number of benzene rings is 1. The van der Waals surface area contributed by atoms with Crippen LogP contribution in [-0.4, -0.2) is 88.7 Å². The van der Waals surface area contributed by atoms with Crippen molar-refractivity contribution >= 4 is 39.9 Å². The number of fused-ring (bicyclic) bond motifs is 1. The standard InChI is InChI=1S/C35H48FN5O9S/c1-9-21-15-35(21,29(44)39-51(47,48)22-13-14-22)38-27(42)25-16-34(8,50-31(46)40-17-20-11-10-12-24(36)23(20)18-40)19-41(25)28(43)26(32(2,3)4)37-30(45)49-33(5,6)7/h9-12,21-22,25-26H,1,13-19H2,2-8H3,(H,37,45)(H,38,42)(H,39,44). The normalized spacial score (nSPS) is 26.4. The molecule has 0 spiro atoms. The van der Waals surface area contributed by atoms with Gasteiger partial charge in [-0.15, -0.1) is 6.58 Å². The maximum absolute atomic E-state index is 14.5. The first kappa shape index (κ1) is 38.0. The molecule has 1 aromatic rings. The van der Waals surface area contributed by atoms with Gasteiger partial charge < -0.3 is 25.0 Å². The van der Waals surface area contributed by atoms with Crippen LogP contribution in [0.2, 0.25) is 0 Å². The molecule has 5 unspecified atom stereocenters. The predicted molar refractivity (Wildman–Crippen MR) is 183 cm³/mol. The number of alkyl carbamates (subject to hydrolysis) is 1. The molecule has 2 saturated carbocycles. The van der Waals surface area contributed by atoms with Crippen molar-refractivity contribution < 1.29 is 46.3 Å². The third kappa shape index (κ3) is 8.15. The molecule has 5 rings (SSSR count). The number of carbonyl (C=O) groups is 5. The molecule has 51 heavy (non-hydrogen) atoms. The fourth-order valence-electron chi connectivity index (χ4n) is 6.64. The Balaban J connectivity index is 1.41. The van der Waals surface area contributed by atoms with E-state index < -0.39 is 91.2 Å². The minimum Gasteiger partial charge on any atom is -0.444 e. The fraction of sp³-hybridized carbons (Fsp3) is 0.629. The largest absolute Gasteiger partial charge is 0.444 e. The van der Waals surface area contributed by atoms with Crippen molar-refractivity contribution in [2.24, 2.45) is 11.3 Å². The zero-order valence-corrected chi connectivity index (χ0v) is 30.9. The molecule has 2 heterocycles. The van der Waals surface area contributed by atoms with E-state index in [9.17, 15) is 36.8 Å². The highest BCUT2D eigenvalue weighted by Crippen LogP contribution is 2.46. The van der Waals surface area contributed by atoms with E-state index in [0.717, 1.165) is 0 Å². The first-order valence-corrected chi connectivity index (χ1v) is 18.6. The zero-order valence-electron chi connectivity index (χ0n) is 30.1. The van der Waals surface area contributed by atoms with Gasteiger partial charge in [0.25, 0.3) is 5.91 Å². The lowest BCUT2D eigenvalue weighted by atomic mass is 9.85. The van der Waals surface area contributed by atoms with Gasteiger partial charge in [0, 0.05) is 24.4 Å². The van der Waals surface area contributed by atoms with Crippen LogP contribution >= 0.6 is 0 Å².